The van der Waals surface area contributed by atoms with Gasteiger partial charge in [0.05, 0.1) is 0 Å². The lowest BCUT2D eigenvalue weighted by molar-refractivity contribution is 0.229. The Hall–Kier alpha value is 0.260. The highest BCUT2D eigenvalue weighted by atomic mass is 31.2. The van der Waals surface area contributed by atoms with Crippen LogP contribution < -0.4 is 0 Å². The molecule has 7 nitrogen and oxygen atoms in total. The van der Waals surface area contributed by atoms with E-state index in [1.807, 2.05) is 0 Å². The van der Waals surface area contributed by atoms with E-state index in [9.17, 15) is 9.13 Å². The van der Waals surface area contributed by atoms with Gasteiger partial charge < -0.3 is 19.8 Å². The first kappa shape index (κ1) is 12.3. The standard InChI is InChI=1S/C3H11NO6P2/c1-3(5)11(6,7)4(2)12(8,9)10/h3,5H,1-2H3,(H,6,7)(H2,8,9,10). The van der Waals surface area contributed by atoms with Crippen LogP contribution in [0.2, 0.25) is 0 Å². The van der Waals surface area contributed by atoms with Crippen molar-refractivity contribution in [2.45, 2.75) is 12.8 Å². The van der Waals surface area contributed by atoms with Crippen molar-refractivity contribution in [1.82, 2.24) is 4.44 Å². The van der Waals surface area contributed by atoms with Gasteiger partial charge in [0.1, 0.15) is 5.85 Å². The Labute approximate surface area is 69.4 Å². The van der Waals surface area contributed by atoms with Crippen LogP contribution in [0.25, 0.3) is 0 Å². The highest BCUT2D eigenvalue weighted by molar-refractivity contribution is 7.68. The number of rotatable bonds is 3. The van der Waals surface area contributed by atoms with Gasteiger partial charge in [-0.05, 0) is 6.92 Å². The number of aliphatic hydroxyl groups excluding tert-OH is 1. The molecule has 2 atom stereocenters. The van der Waals surface area contributed by atoms with Gasteiger partial charge in [-0.15, -0.1) is 4.44 Å². The van der Waals surface area contributed by atoms with Crippen molar-refractivity contribution < 1.29 is 28.9 Å². The van der Waals surface area contributed by atoms with E-state index < -0.39 is 21.1 Å². The maximum Gasteiger partial charge on any atom is 0.410 e. The van der Waals surface area contributed by atoms with E-state index in [0.717, 1.165) is 14.0 Å². The van der Waals surface area contributed by atoms with Gasteiger partial charge in [-0.1, -0.05) is 0 Å². The van der Waals surface area contributed by atoms with Crippen LogP contribution in [0.3, 0.4) is 0 Å². The lowest BCUT2D eigenvalue weighted by Gasteiger charge is -2.25. The van der Waals surface area contributed by atoms with Crippen LogP contribution in [0.1, 0.15) is 6.92 Å². The molecule has 0 spiro atoms. The van der Waals surface area contributed by atoms with Crippen molar-refractivity contribution in [2.24, 2.45) is 0 Å². The summed E-state index contributed by atoms with van der Waals surface area (Å²) in [7, 11) is -8.35. The van der Waals surface area contributed by atoms with Crippen molar-refractivity contribution >= 4 is 15.3 Å². The normalized spacial score (nSPS) is 20.6. The van der Waals surface area contributed by atoms with E-state index in [4.69, 9.17) is 19.8 Å². The molecule has 0 amide bonds. The highest BCUT2D eigenvalue weighted by Crippen LogP contribution is 2.60. The van der Waals surface area contributed by atoms with Gasteiger partial charge in [0.15, 0.2) is 0 Å². The number of hydrogen-bond donors (Lipinski definition) is 4. The van der Waals surface area contributed by atoms with Gasteiger partial charge in [-0.3, -0.25) is 4.57 Å². The van der Waals surface area contributed by atoms with Crippen molar-refractivity contribution in [1.29, 1.82) is 0 Å². The minimum absolute atomic E-state index is 0.0231. The Kier molecular flexibility index (Phi) is 3.63. The molecule has 0 aromatic rings. The Morgan fingerprint density at radius 2 is 1.58 bits per heavy atom. The molecular formula is C3H11NO6P2. The lowest BCUT2D eigenvalue weighted by Crippen LogP contribution is -2.18. The second-order valence-electron chi connectivity index (χ2n) is 2.22. The molecule has 0 aromatic heterocycles. The molecule has 0 aromatic carbocycles. The van der Waals surface area contributed by atoms with Crippen LogP contribution in [0.15, 0.2) is 0 Å². The maximum atomic E-state index is 11.0. The van der Waals surface area contributed by atoms with E-state index in [-0.39, 0.29) is 4.44 Å². The Bertz CT molecular complexity index is 245. The second-order valence-corrected chi connectivity index (χ2v) is 6.69. The third kappa shape index (κ3) is 2.64. The molecule has 0 fully saturated rings. The van der Waals surface area contributed by atoms with Crippen LogP contribution in [-0.4, -0.2) is 37.1 Å². The van der Waals surface area contributed by atoms with Crippen molar-refractivity contribution in [2.75, 3.05) is 7.05 Å². The second kappa shape index (κ2) is 3.55. The highest BCUT2D eigenvalue weighted by Gasteiger charge is 2.40. The lowest BCUT2D eigenvalue weighted by atomic mass is 10.9. The number of aliphatic hydroxyl groups is 1. The SMILES string of the molecule is CC(O)P(=O)(O)N(C)P(=O)(O)O. The maximum absolute atomic E-state index is 11.0. The third-order valence-electron chi connectivity index (χ3n) is 1.28. The van der Waals surface area contributed by atoms with Gasteiger partial charge in [-0.25, -0.2) is 4.57 Å². The monoisotopic (exact) mass is 219 g/mol. The zero-order valence-electron chi connectivity index (χ0n) is 6.52. The molecule has 0 aliphatic rings. The van der Waals surface area contributed by atoms with E-state index in [0.29, 0.717) is 0 Å². The molecule has 0 bridgehead atoms. The average Bonchev–Trinajstić information content (AvgIpc) is 1.83. The van der Waals surface area contributed by atoms with Crippen LogP contribution >= 0.6 is 15.3 Å². The average molecular weight is 219 g/mol. The van der Waals surface area contributed by atoms with E-state index in [2.05, 4.69) is 0 Å². The van der Waals surface area contributed by atoms with Gasteiger partial charge in [0.2, 0.25) is 0 Å². The quantitative estimate of drug-likeness (QED) is 0.474. The fourth-order valence-corrected chi connectivity index (χ4v) is 2.68. The first-order valence-corrected chi connectivity index (χ1v) is 6.15. The van der Waals surface area contributed by atoms with Crippen molar-refractivity contribution in [3.63, 3.8) is 0 Å². The summed E-state index contributed by atoms with van der Waals surface area (Å²) < 4.78 is 21.4. The number of nitrogens with zero attached hydrogens (tertiary/aromatic N) is 1. The summed E-state index contributed by atoms with van der Waals surface area (Å²) >= 11 is 0. The summed E-state index contributed by atoms with van der Waals surface area (Å²) in [4.78, 5) is 25.9. The van der Waals surface area contributed by atoms with Gasteiger partial charge in [0, 0.05) is 7.05 Å². The molecule has 0 heterocycles. The predicted molar refractivity (Wildman–Crippen MR) is 41.3 cm³/mol. The molecule has 0 rings (SSSR count). The zero-order valence-corrected chi connectivity index (χ0v) is 8.31. The summed E-state index contributed by atoms with van der Waals surface area (Å²) in [5.74, 6) is -1.70. The molecule has 0 saturated heterocycles. The fraction of sp³-hybridized carbons (Fsp3) is 1.00. The molecular weight excluding hydrogens is 208 g/mol. The van der Waals surface area contributed by atoms with Gasteiger partial charge in [0.25, 0.3) is 0 Å². The molecule has 0 radical (unpaired) electrons. The van der Waals surface area contributed by atoms with Crippen LogP contribution in [-0.2, 0) is 9.13 Å². The van der Waals surface area contributed by atoms with Gasteiger partial charge in [-0.2, -0.15) is 0 Å². The molecule has 12 heavy (non-hydrogen) atoms. The minimum Gasteiger partial charge on any atom is -0.382 e. The molecule has 0 aliphatic carbocycles. The minimum atomic E-state index is -4.77. The fourth-order valence-electron chi connectivity index (χ4n) is 0.409. The summed E-state index contributed by atoms with van der Waals surface area (Å²) in [6, 6.07) is 0. The summed E-state index contributed by atoms with van der Waals surface area (Å²) in [6.07, 6.45) is 0. The summed E-state index contributed by atoms with van der Waals surface area (Å²) in [5, 5.41) is 8.72. The van der Waals surface area contributed by atoms with Crippen molar-refractivity contribution in [3.05, 3.63) is 0 Å². The summed E-state index contributed by atoms with van der Waals surface area (Å²) in [5.41, 5.74) is 0. The van der Waals surface area contributed by atoms with Crippen LogP contribution in [0.4, 0.5) is 0 Å². The smallest absolute Gasteiger partial charge is 0.382 e. The summed E-state index contributed by atoms with van der Waals surface area (Å²) in [6.45, 7) is 0.979. The third-order valence-corrected chi connectivity index (χ3v) is 5.30. The van der Waals surface area contributed by atoms with E-state index in [1.165, 1.54) is 0 Å². The number of hydrogen-bond acceptors (Lipinski definition) is 3. The molecule has 0 aliphatic heterocycles. The molecule has 74 valence electrons. The predicted octanol–water partition coefficient (Wildman–Crippen LogP) is -0.465. The van der Waals surface area contributed by atoms with Crippen molar-refractivity contribution in [3.8, 4) is 0 Å². The van der Waals surface area contributed by atoms with E-state index in [1.54, 1.807) is 0 Å². The molecule has 2 unspecified atom stereocenters. The zero-order chi connectivity index (χ0) is 10.2. The molecule has 4 N–H and O–H groups in total. The van der Waals surface area contributed by atoms with Gasteiger partial charge >= 0.3 is 15.3 Å². The largest absolute Gasteiger partial charge is 0.410 e. The topological polar surface area (TPSA) is 118 Å². The molecule has 9 heteroatoms. The Morgan fingerprint density at radius 3 is 1.67 bits per heavy atom. The van der Waals surface area contributed by atoms with Crippen LogP contribution in [0, 0.1) is 0 Å². The first-order valence-electron chi connectivity index (χ1n) is 2.91. The van der Waals surface area contributed by atoms with Crippen LogP contribution in [0.5, 0.6) is 0 Å². The Morgan fingerprint density at radius 1 is 1.25 bits per heavy atom. The Balaban J connectivity index is 4.83. The van der Waals surface area contributed by atoms with E-state index >= 15 is 0 Å². The first-order chi connectivity index (χ1) is 5.10. The molecule has 0 saturated carbocycles.